The molecule has 1 aliphatic heterocycles. The van der Waals surface area contributed by atoms with Gasteiger partial charge in [0.1, 0.15) is 5.76 Å². The summed E-state index contributed by atoms with van der Waals surface area (Å²) < 4.78 is 11.2. The van der Waals surface area contributed by atoms with Gasteiger partial charge in [0, 0.05) is 26.7 Å². The first-order chi connectivity index (χ1) is 12.1. The van der Waals surface area contributed by atoms with Gasteiger partial charge in [-0.2, -0.15) is 0 Å². The Bertz CT molecular complexity index is 657. The molecule has 1 saturated heterocycles. The lowest BCUT2D eigenvalue weighted by Gasteiger charge is -2.34. The minimum atomic E-state index is -0.0773. The van der Waals surface area contributed by atoms with E-state index in [4.69, 9.17) is 9.15 Å². The second-order valence-corrected chi connectivity index (χ2v) is 6.61. The zero-order valence-corrected chi connectivity index (χ0v) is 14.9. The summed E-state index contributed by atoms with van der Waals surface area (Å²) in [6, 6.07) is 14.1. The van der Waals surface area contributed by atoms with Crippen molar-refractivity contribution in [2.75, 3.05) is 26.7 Å². The molecule has 0 aliphatic carbocycles. The van der Waals surface area contributed by atoms with Gasteiger partial charge in [0.2, 0.25) is 5.91 Å². The Morgan fingerprint density at radius 3 is 2.80 bits per heavy atom. The van der Waals surface area contributed by atoms with Crippen LogP contribution >= 0.6 is 0 Å². The van der Waals surface area contributed by atoms with Gasteiger partial charge in [-0.3, -0.25) is 9.69 Å². The fraction of sp³-hybridized carbons (Fsp3) is 0.450. The number of rotatable bonds is 6. The Labute approximate surface area is 149 Å². The maximum absolute atomic E-state index is 12.6. The standard InChI is InChI=1S/C20H26N2O3/c1-16(19-9-6-11-25-19)21(2)20(23)13-18-15-22(10-12-24-18)14-17-7-4-3-5-8-17/h3-9,11,16,18H,10,12-15H2,1-2H3/t16-,18+/m1/s1. The number of carbonyl (C=O) groups is 1. The van der Waals surface area contributed by atoms with E-state index in [9.17, 15) is 4.79 Å². The van der Waals surface area contributed by atoms with Crippen molar-refractivity contribution in [2.45, 2.75) is 32.0 Å². The topological polar surface area (TPSA) is 45.9 Å². The molecule has 1 aromatic heterocycles. The van der Waals surface area contributed by atoms with Crippen LogP contribution in [0.5, 0.6) is 0 Å². The Morgan fingerprint density at radius 2 is 2.08 bits per heavy atom. The third-order valence-electron chi connectivity index (χ3n) is 4.80. The van der Waals surface area contributed by atoms with Gasteiger partial charge in [-0.05, 0) is 24.6 Å². The summed E-state index contributed by atoms with van der Waals surface area (Å²) >= 11 is 0. The van der Waals surface area contributed by atoms with Crippen LogP contribution in [0.25, 0.3) is 0 Å². The van der Waals surface area contributed by atoms with Gasteiger partial charge < -0.3 is 14.1 Å². The summed E-state index contributed by atoms with van der Waals surface area (Å²) in [6.07, 6.45) is 1.97. The highest BCUT2D eigenvalue weighted by Crippen LogP contribution is 2.21. The fourth-order valence-corrected chi connectivity index (χ4v) is 3.16. The molecule has 5 heteroatoms. The van der Waals surface area contributed by atoms with Gasteiger partial charge in [0.25, 0.3) is 0 Å². The van der Waals surface area contributed by atoms with E-state index in [0.717, 1.165) is 25.4 Å². The van der Waals surface area contributed by atoms with Crippen molar-refractivity contribution in [3.8, 4) is 0 Å². The molecule has 1 aliphatic rings. The van der Waals surface area contributed by atoms with Gasteiger partial charge in [-0.1, -0.05) is 30.3 Å². The Morgan fingerprint density at radius 1 is 1.28 bits per heavy atom. The van der Waals surface area contributed by atoms with Gasteiger partial charge >= 0.3 is 0 Å². The molecular weight excluding hydrogens is 316 g/mol. The van der Waals surface area contributed by atoms with E-state index in [0.29, 0.717) is 13.0 Å². The first-order valence-corrected chi connectivity index (χ1v) is 8.80. The van der Waals surface area contributed by atoms with Crippen LogP contribution in [0.1, 0.15) is 30.7 Å². The molecule has 2 aromatic rings. The second-order valence-electron chi connectivity index (χ2n) is 6.61. The number of nitrogens with zero attached hydrogens (tertiary/aromatic N) is 2. The number of furan rings is 1. The van der Waals surface area contributed by atoms with E-state index < -0.39 is 0 Å². The predicted octanol–water partition coefficient (Wildman–Crippen LogP) is 3.09. The number of hydrogen-bond donors (Lipinski definition) is 0. The third kappa shape index (κ3) is 4.71. The highest BCUT2D eigenvalue weighted by Gasteiger charge is 2.26. The number of morpholine rings is 1. The lowest BCUT2D eigenvalue weighted by molar-refractivity contribution is -0.137. The minimum Gasteiger partial charge on any atom is -0.467 e. The van der Waals surface area contributed by atoms with E-state index in [1.807, 2.05) is 32.2 Å². The van der Waals surface area contributed by atoms with Crippen LogP contribution in [0, 0.1) is 0 Å². The predicted molar refractivity (Wildman–Crippen MR) is 96.0 cm³/mol. The molecule has 1 aromatic carbocycles. The molecule has 2 heterocycles. The highest BCUT2D eigenvalue weighted by atomic mass is 16.5. The highest BCUT2D eigenvalue weighted by molar-refractivity contribution is 5.76. The number of hydrogen-bond acceptors (Lipinski definition) is 4. The van der Waals surface area contributed by atoms with E-state index in [1.165, 1.54) is 5.56 Å². The number of carbonyl (C=O) groups excluding carboxylic acids is 1. The van der Waals surface area contributed by atoms with Crippen molar-refractivity contribution in [3.05, 3.63) is 60.1 Å². The molecule has 0 N–H and O–H groups in total. The summed E-state index contributed by atoms with van der Waals surface area (Å²) in [7, 11) is 1.82. The van der Waals surface area contributed by atoms with Crippen LogP contribution in [0.15, 0.2) is 53.1 Å². The van der Waals surface area contributed by atoms with Crippen molar-refractivity contribution in [2.24, 2.45) is 0 Å². The van der Waals surface area contributed by atoms with Gasteiger partial charge in [0.15, 0.2) is 0 Å². The molecule has 0 bridgehead atoms. The lowest BCUT2D eigenvalue weighted by atomic mass is 10.1. The average molecular weight is 342 g/mol. The fourth-order valence-electron chi connectivity index (χ4n) is 3.16. The molecule has 0 spiro atoms. The Balaban J connectivity index is 1.52. The SMILES string of the molecule is C[C@H](c1ccco1)N(C)C(=O)C[C@H]1CN(Cc2ccccc2)CCO1. The molecular formula is C20H26N2O3. The Hall–Kier alpha value is -2.11. The quantitative estimate of drug-likeness (QED) is 0.809. The molecule has 1 fully saturated rings. The van der Waals surface area contributed by atoms with Gasteiger partial charge in [0.05, 0.1) is 31.4 Å². The summed E-state index contributed by atoms with van der Waals surface area (Å²) in [5, 5.41) is 0. The summed E-state index contributed by atoms with van der Waals surface area (Å²) in [4.78, 5) is 16.7. The van der Waals surface area contributed by atoms with E-state index in [1.54, 1.807) is 11.2 Å². The average Bonchev–Trinajstić information content (AvgIpc) is 3.16. The monoisotopic (exact) mass is 342 g/mol. The maximum Gasteiger partial charge on any atom is 0.225 e. The first kappa shape index (κ1) is 17.7. The molecule has 5 nitrogen and oxygen atoms in total. The molecule has 3 rings (SSSR count). The van der Waals surface area contributed by atoms with Crippen LogP contribution in [0.4, 0.5) is 0 Å². The van der Waals surface area contributed by atoms with E-state index >= 15 is 0 Å². The van der Waals surface area contributed by atoms with Crippen molar-refractivity contribution in [3.63, 3.8) is 0 Å². The van der Waals surface area contributed by atoms with Gasteiger partial charge in [-0.25, -0.2) is 0 Å². The van der Waals surface area contributed by atoms with Crippen LogP contribution in [-0.2, 0) is 16.1 Å². The molecule has 134 valence electrons. The van der Waals surface area contributed by atoms with E-state index in [2.05, 4.69) is 29.2 Å². The molecule has 25 heavy (non-hydrogen) atoms. The Kier molecular flexibility index (Phi) is 5.89. The number of benzene rings is 1. The third-order valence-corrected chi connectivity index (χ3v) is 4.80. The van der Waals surface area contributed by atoms with Gasteiger partial charge in [-0.15, -0.1) is 0 Å². The molecule has 0 radical (unpaired) electrons. The van der Waals surface area contributed by atoms with Crippen LogP contribution in [-0.4, -0.2) is 48.6 Å². The molecule has 0 unspecified atom stereocenters. The number of ether oxygens (including phenoxy) is 1. The molecule has 1 amide bonds. The maximum atomic E-state index is 12.6. The second kappa shape index (κ2) is 8.32. The molecule has 0 saturated carbocycles. The minimum absolute atomic E-state index is 0.0591. The van der Waals surface area contributed by atoms with Crippen molar-refractivity contribution in [1.82, 2.24) is 9.80 Å². The zero-order chi connectivity index (χ0) is 17.6. The summed E-state index contributed by atoms with van der Waals surface area (Å²) in [5.41, 5.74) is 1.29. The smallest absolute Gasteiger partial charge is 0.225 e. The van der Waals surface area contributed by atoms with Crippen LogP contribution < -0.4 is 0 Å². The van der Waals surface area contributed by atoms with Crippen molar-refractivity contribution < 1.29 is 13.9 Å². The van der Waals surface area contributed by atoms with E-state index in [-0.39, 0.29) is 18.1 Å². The van der Waals surface area contributed by atoms with Crippen molar-refractivity contribution >= 4 is 5.91 Å². The number of amides is 1. The zero-order valence-electron chi connectivity index (χ0n) is 14.9. The van der Waals surface area contributed by atoms with Crippen LogP contribution in [0.2, 0.25) is 0 Å². The lowest BCUT2D eigenvalue weighted by Crippen LogP contribution is -2.44. The summed E-state index contributed by atoms with van der Waals surface area (Å²) in [5.74, 6) is 0.876. The first-order valence-electron chi connectivity index (χ1n) is 8.80. The normalized spacial score (nSPS) is 19.5. The summed E-state index contributed by atoms with van der Waals surface area (Å²) in [6.45, 7) is 5.22. The van der Waals surface area contributed by atoms with Crippen LogP contribution in [0.3, 0.4) is 0 Å². The molecule has 2 atom stereocenters. The largest absolute Gasteiger partial charge is 0.467 e. The van der Waals surface area contributed by atoms with Crippen molar-refractivity contribution in [1.29, 1.82) is 0 Å².